The van der Waals surface area contributed by atoms with Gasteiger partial charge in [-0.15, -0.1) is 0 Å². The van der Waals surface area contributed by atoms with Crippen molar-refractivity contribution in [1.82, 2.24) is 0 Å². The summed E-state index contributed by atoms with van der Waals surface area (Å²) in [4.78, 5) is 13.0. The molecule has 0 amide bonds. The molecule has 2 nitrogen and oxygen atoms in total. The molecule has 0 fully saturated rings. The van der Waals surface area contributed by atoms with Gasteiger partial charge in [0.25, 0.3) is 0 Å². The molecule has 128 valence electrons. The first kappa shape index (κ1) is 16.3. The van der Waals surface area contributed by atoms with Crippen LogP contribution in [-0.4, -0.2) is 12.6 Å². The summed E-state index contributed by atoms with van der Waals surface area (Å²) in [6, 6.07) is 28.6. The normalized spacial score (nSPS) is 15.7. The Balaban J connectivity index is 2.01. The van der Waals surface area contributed by atoms with Crippen LogP contribution in [0.3, 0.4) is 0 Å². The van der Waals surface area contributed by atoms with Gasteiger partial charge in [0.1, 0.15) is 0 Å². The smallest absolute Gasteiger partial charge is 0.335 e. The fourth-order valence-electron chi connectivity index (χ4n) is 3.76. The molecule has 0 radical (unpaired) electrons. The van der Waals surface area contributed by atoms with E-state index in [1.807, 2.05) is 55.5 Å². The molecule has 4 rings (SSSR count). The van der Waals surface area contributed by atoms with E-state index in [1.165, 1.54) is 0 Å². The van der Waals surface area contributed by atoms with E-state index >= 15 is 0 Å². The summed E-state index contributed by atoms with van der Waals surface area (Å²) in [5.41, 5.74) is 6.12. The first-order valence-corrected chi connectivity index (χ1v) is 8.92. The molecule has 26 heavy (non-hydrogen) atoms. The van der Waals surface area contributed by atoms with Crippen molar-refractivity contribution in [2.24, 2.45) is 0 Å². The van der Waals surface area contributed by atoms with E-state index in [0.717, 1.165) is 33.4 Å². The van der Waals surface area contributed by atoms with E-state index in [-0.39, 0.29) is 11.9 Å². The van der Waals surface area contributed by atoms with Gasteiger partial charge in [-0.1, -0.05) is 84.9 Å². The predicted molar refractivity (Wildman–Crippen MR) is 104 cm³/mol. The summed E-state index contributed by atoms with van der Waals surface area (Å²) >= 11 is 0. The number of hydrogen-bond donors (Lipinski definition) is 0. The molecule has 1 unspecified atom stereocenters. The van der Waals surface area contributed by atoms with E-state index in [9.17, 15) is 4.79 Å². The minimum Gasteiger partial charge on any atom is -0.463 e. The molecule has 3 aromatic rings. The molecular formula is C24H20O2. The second kappa shape index (κ2) is 7.01. The highest BCUT2D eigenvalue weighted by molar-refractivity contribution is 6.07. The lowest BCUT2D eigenvalue weighted by Crippen LogP contribution is -2.14. The molecule has 0 heterocycles. The lowest BCUT2D eigenvalue weighted by atomic mass is 9.88. The monoisotopic (exact) mass is 340 g/mol. The van der Waals surface area contributed by atoms with Gasteiger partial charge < -0.3 is 4.74 Å². The number of ether oxygens (including phenoxy) is 1. The molecule has 1 atom stereocenters. The third kappa shape index (κ3) is 2.74. The number of fused-ring (bicyclic) bond motifs is 1. The quantitative estimate of drug-likeness (QED) is 0.610. The third-order valence-corrected chi connectivity index (χ3v) is 4.79. The fraction of sp³-hybridized carbons (Fsp3) is 0.125. The second-order valence-electron chi connectivity index (χ2n) is 6.31. The number of esters is 1. The number of benzene rings is 3. The van der Waals surface area contributed by atoms with Crippen LogP contribution in [0.15, 0.2) is 90.5 Å². The molecule has 1 aliphatic carbocycles. The van der Waals surface area contributed by atoms with Crippen LogP contribution in [0.5, 0.6) is 0 Å². The molecule has 2 heteroatoms. The van der Waals surface area contributed by atoms with Crippen LogP contribution < -0.4 is 0 Å². The topological polar surface area (TPSA) is 26.3 Å². The maximum Gasteiger partial charge on any atom is 0.335 e. The van der Waals surface area contributed by atoms with E-state index in [1.54, 1.807) is 0 Å². The maximum absolute atomic E-state index is 13.0. The van der Waals surface area contributed by atoms with E-state index < -0.39 is 0 Å². The summed E-state index contributed by atoms with van der Waals surface area (Å²) < 4.78 is 5.46. The molecule has 3 aromatic carbocycles. The van der Waals surface area contributed by atoms with Crippen LogP contribution in [0.25, 0.3) is 5.57 Å². The molecule has 0 N–H and O–H groups in total. The fourth-order valence-corrected chi connectivity index (χ4v) is 3.76. The summed E-state index contributed by atoms with van der Waals surface area (Å²) in [6.07, 6.45) is 0. The summed E-state index contributed by atoms with van der Waals surface area (Å²) in [5, 5.41) is 0. The van der Waals surface area contributed by atoms with Crippen LogP contribution >= 0.6 is 0 Å². The first-order valence-electron chi connectivity index (χ1n) is 8.92. The van der Waals surface area contributed by atoms with Crippen molar-refractivity contribution in [1.29, 1.82) is 0 Å². The molecule has 1 aliphatic rings. The second-order valence-corrected chi connectivity index (χ2v) is 6.31. The molecule has 0 bridgehead atoms. The van der Waals surface area contributed by atoms with Crippen molar-refractivity contribution in [3.8, 4) is 0 Å². The van der Waals surface area contributed by atoms with E-state index in [0.29, 0.717) is 6.61 Å². The van der Waals surface area contributed by atoms with Crippen molar-refractivity contribution in [2.75, 3.05) is 6.61 Å². The zero-order valence-electron chi connectivity index (χ0n) is 14.7. The van der Waals surface area contributed by atoms with Gasteiger partial charge in [0.05, 0.1) is 12.2 Å². The Kier molecular flexibility index (Phi) is 4.40. The van der Waals surface area contributed by atoms with Crippen molar-refractivity contribution >= 4 is 11.5 Å². The van der Waals surface area contributed by atoms with Gasteiger partial charge >= 0.3 is 5.97 Å². The van der Waals surface area contributed by atoms with Crippen molar-refractivity contribution in [3.63, 3.8) is 0 Å². The highest BCUT2D eigenvalue weighted by Gasteiger charge is 2.37. The average Bonchev–Trinajstić information content (AvgIpc) is 3.05. The standard InChI is InChI=1S/C24H20O2/c1-2-26-24(25)23-21(17-11-5-3-6-12-17)19-15-9-10-16-20(19)22(23)18-13-7-4-8-14-18/h3-16,21H,2H2,1H3. The molecular weight excluding hydrogens is 320 g/mol. The molecule has 0 aromatic heterocycles. The van der Waals surface area contributed by atoms with Crippen LogP contribution in [0, 0.1) is 0 Å². The van der Waals surface area contributed by atoms with Crippen molar-refractivity contribution < 1.29 is 9.53 Å². The maximum atomic E-state index is 13.0. The minimum atomic E-state index is -0.239. The highest BCUT2D eigenvalue weighted by atomic mass is 16.5. The molecule has 0 spiro atoms. The first-order chi connectivity index (χ1) is 12.8. The largest absolute Gasteiger partial charge is 0.463 e. The zero-order valence-corrected chi connectivity index (χ0v) is 14.7. The number of hydrogen-bond acceptors (Lipinski definition) is 2. The third-order valence-electron chi connectivity index (χ3n) is 4.79. The Morgan fingerprint density at radius 3 is 2.15 bits per heavy atom. The van der Waals surface area contributed by atoms with Gasteiger partial charge in [0.2, 0.25) is 0 Å². The Morgan fingerprint density at radius 1 is 0.846 bits per heavy atom. The highest BCUT2D eigenvalue weighted by Crippen LogP contribution is 2.48. The SMILES string of the molecule is CCOC(=O)C1=C(c2ccccc2)c2ccccc2C1c1ccccc1. The summed E-state index contributed by atoms with van der Waals surface area (Å²) in [7, 11) is 0. The zero-order chi connectivity index (χ0) is 17.9. The summed E-state index contributed by atoms with van der Waals surface area (Å²) in [6.45, 7) is 2.21. The number of carbonyl (C=O) groups is 1. The van der Waals surface area contributed by atoms with Crippen LogP contribution in [-0.2, 0) is 9.53 Å². The Morgan fingerprint density at radius 2 is 1.46 bits per heavy atom. The van der Waals surface area contributed by atoms with Gasteiger partial charge in [-0.05, 0) is 29.2 Å². The van der Waals surface area contributed by atoms with Gasteiger partial charge in [0.15, 0.2) is 0 Å². The van der Waals surface area contributed by atoms with E-state index in [2.05, 4.69) is 36.4 Å². The molecule has 0 saturated carbocycles. The van der Waals surface area contributed by atoms with Crippen molar-refractivity contribution in [2.45, 2.75) is 12.8 Å². The Hall–Kier alpha value is -3.13. The lowest BCUT2D eigenvalue weighted by molar-refractivity contribution is -0.138. The number of carbonyl (C=O) groups excluding carboxylic acids is 1. The molecule has 0 aliphatic heterocycles. The number of rotatable bonds is 4. The lowest BCUT2D eigenvalue weighted by Gasteiger charge is -2.16. The molecule has 0 saturated heterocycles. The Bertz CT molecular complexity index is 956. The van der Waals surface area contributed by atoms with Gasteiger partial charge in [-0.25, -0.2) is 4.79 Å². The van der Waals surface area contributed by atoms with Crippen molar-refractivity contribution in [3.05, 3.63) is 113 Å². The predicted octanol–water partition coefficient (Wildman–Crippen LogP) is 5.20. The van der Waals surface area contributed by atoms with Gasteiger partial charge in [-0.2, -0.15) is 0 Å². The van der Waals surface area contributed by atoms with Gasteiger partial charge in [0, 0.05) is 11.5 Å². The van der Waals surface area contributed by atoms with Gasteiger partial charge in [-0.3, -0.25) is 0 Å². The van der Waals surface area contributed by atoms with Crippen LogP contribution in [0.1, 0.15) is 35.1 Å². The average molecular weight is 340 g/mol. The van der Waals surface area contributed by atoms with Crippen LogP contribution in [0.4, 0.5) is 0 Å². The van der Waals surface area contributed by atoms with Crippen LogP contribution in [0.2, 0.25) is 0 Å². The Labute approximate surface area is 153 Å². The summed E-state index contributed by atoms with van der Waals surface area (Å²) in [5.74, 6) is -0.349. The van der Waals surface area contributed by atoms with E-state index in [4.69, 9.17) is 4.74 Å². The minimum absolute atomic E-state index is 0.110.